The summed E-state index contributed by atoms with van der Waals surface area (Å²) in [5.41, 5.74) is 4.78. The van der Waals surface area contributed by atoms with Crippen molar-refractivity contribution in [2.45, 2.75) is 19.3 Å². The van der Waals surface area contributed by atoms with Crippen molar-refractivity contribution in [3.05, 3.63) is 0 Å². The van der Waals surface area contributed by atoms with E-state index in [1.165, 1.54) is 12.8 Å². The first-order chi connectivity index (χ1) is 7.68. The topological polar surface area (TPSA) is 93.5 Å². The molecule has 4 N–H and O–H groups in total. The third kappa shape index (κ3) is 5.67. The minimum atomic E-state index is -0.843. The molecular formula is C10H19N3O3. The number of rotatable bonds is 5. The van der Waals surface area contributed by atoms with Gasteiger partial charge in [0, 0.05) is 6.61 Å². The number of piperidine rings is 1. The number of carbonyl (C=O) groups is 2. The van der Waals surface area contributed by atoms with E-state index in [1.807, 2.05) is 5.32 Å². The minimum Gasteiger partial charge on any atom is -0.372 e. The summed E-state index contributed by atoms with van der Waals surface area (Å²) in [4.78, 5) is 21.3. The van der Waals surface area contributed by atoms with E-state index in [-0.39, 0.29) is 6.61 Å². The Kier molecular flexibility index (Phi) is 5.81. The molecule has 6 heteroatoms. The molecule has 1 atom stereocenters. The Morgan fingerprint density at radius 1 is 1.50 bits per heavy atom. The van der Waals surface area contributed by atoms with Crippen molar-refractivity contribution in [3.8, 4) is 0 Å². The van der Waals surface area contributed by atoms with Gasteiger partial charge in [-0.05, 0) is 38.3 Å². The van der Waals surface area contributed by atoms with Crippen molar-refractivity contribution < 1.29 is 14.3 Å². The van der Waals surface area contributed by atoms with Crippen LogP contribution in [0.15, 0.2) is 0 Å². The molecule has 1 aliphatic rings. The number of imide groups is 1. The van der Waals surface area contributed by atoms with Crippen molar-refractivity contribution in [2.24, 2.45) is 11.7 Å². The van der Waals surface area contributed by atoms with E-state index in [0.29, 0.717) is 12.5 Å². The van der Waals surface area contributed by atoms with E-state index in [2.05, 4.69) is 5.32 Å². The van der Waals surface area contributed by atoms with E-state index >= 15 is 0 Å². The van der Waals surface area contributed by atoms with Crippen molar-refractivity contribution in [2.75, 3.05) is 26.3 Å². The fourth-order valence-electron chi connectivity index (χ4n) is 1.76. The van der Waals surface area contributed by atoms with Gasteiger partial charge in [-0.3, -0.25) is 10.1 Å². The van der Waals surface area contributed by atoms with Gasteiger partial charge in [0.15, 0.2) is 0 Å². The molecule has 1 rings (SSSR count). The summed E-state index contributed by atoms with van der Waals surface area (Å²) < 4.78 is 5.15. The Morgan fingerprint density at radius 2 is 2.31 bits per heavy atom. The Balaban J connectivity index is 1.98. The first-order valence-corrected chi connectivity index (χ1v) is 5.56. The van der Waals surface area contributed by atoms with Crippen LogP contribution in [0.4, 0.5) is 4.79 Å². The van der Waals surface area contributed by atoms with Gasteiger partial charge in [0.25, 0.3) is 5.91 Å². The molecule has 0 aliphatic carbocycles. The van der Waals surface area contributed by atoms with Gasteiger partial charge >= 0.3 is 6.03 Å². The standard InChI is InChI=1S/C10H19N3O3/c11-10(15)13-9(14)7-16-5-3-8-2-1-4-12-6-8/h8,12H,1-7H2,(H3,11,13,14,15). The number of carbonyl (C=O) groups excluding carboxylic acids is 2. The number of hydrogen-bond donors (Lipinski definition) is 3. The van der Waals surface area contributed by atoms with E-state index in [1.54, 1.807) is 0 Å². The summed E-state index contributed by atoms with van der Waals surface area (Å²) in [6, 6.07) is -0.843. The molecule has 3 amide bonds. The van der Waals surface area contributed by atoms with Crippen LogP contribution in [0.25, 0.3) is 0 Å². The highest BCUT2D eigenvalue weighted by Crippen LogP contribution is 2.13. The van der Waals surface area contributed by atoms with Gasteiger partial charge in [-0.25, -0.2) is 4.79 Å². The zero-order chi connectivity index (χ0) is 11.8. The summed E-state index contributed by atoms with van der Waals surface area (Å²) in [5.74, 6) is 0.141. The van der Waals surface area contributed by atoms with Crippen LogP contribution in [0.1, 0.15) is 19.3 Å². The maximum atomic E-state index is 11.0. The average Bonchev–Trinajstić information content (AvgIpc) is 2.25. The van der Waals surface area contributed by atoms with Crippen molar-refractivity contribution >= 4 is 11.9 Å². The molecule has 0 radical (unpaired) electrons. The van der Waals surface area contributed by atoms with Crippen LogP contribution in [-0.2, 0) is 9.53 Å². The van der Waals surface area contributed by atoms with Gasteiger partial charge < -0.3 is 15.8 Å². The Bertz CT molecular complexity index is 239. The van der Waals surface area contributed by atoms with Crippen LogP contribution in [0.3, 0.4) is 0 Å². The number of ether oxygens (including phenoxy) is 1. The van der Waals surface area contributed by atoms with Crippen molar-refractivity contribution in [1.82, 2.24) is 10.6 Å². The fraction of sp³-hybridized carbons (Fsp3) is 0.800. The van der Waals surface area contributed by atoms with E-state index in [9.17, 15) is 9.59 Å². The second kappa shape index (κ2) is 7.19. The summed E-state index contributed by atoms with van der Waals surface area (Å²) in [6.45, 7) is 2.55. The van der Waals surface area contributed by atoms with Crippen LogP contribution >= 0.6 is 0 Å². The normalized spacial score (nSPS) is 20.4. The van der Waals surface area contributed by atoms with E-state index in [4.69, 9.17) is 10.5 Å². The molecule has 6 nitrogen and oxygen atoms in total. The predicted octanol–water partition coefficient (Wildman–Crippen LogP) is -0.412. The number of primary amides is 1. The number of urea groups is 1. The number of hydrogen-bond acceptors (Lipinski definition) is 4. The summed E-state index contributed by atoms with van der Waals surface area (Å²) >= 11 is 0. The zero-order valence-corrected chi connectivity index (χ0v) is 9.33. The van der Waals surface area contributed by atoms with E-state index in [0.717, 1.165) is 19.5 Å². The molecule has 16 heavy (non-hydrogen) atoms. The zero-order valence-electron chi connectivity index (χ0n) is 9.33. The molecule has 1 heterocycles. The largest absolute Gasteiger partial charge is 0.372 e. The van der Waals surface area contributed by atoms with Crippen LogP contribution in [0, 0.1) is 5.92 Å². The smallest absolute Gasteiger partial charge is 0.318 e. The predicted molar refractivity (Wildman–Crippen MR) is 58.8 cm³/mol. The molecule has 0 aromatic rings. The molecule has 1 saturated heterocycles. The molecule has 1 unspecified atom stereocenters. The van der Waals surface area contributed by atoms with Crippen molar-refractivity contribution in [3.63, 3.8) is 0 Å². The van der Waals surface area contributed by atoms with Gasteiger partial charge in [-0.15, -0.1) is 0 Å². The fourth-order valence-corrected chi connectivity index (χ4v) is 1.76. The molecule has 92 valence electrons. The summed E-state index contributed by atoms with van der Waals surface area (Å²) in [5, 5.41) is 5.26. The number of nitrogens with two attached hydrogens (primary N) is 1. The Morgan fingerprint density at radius 3 is 2.94 bits per heavy atom. The Hall–Kier alpha value is -1.14. The SMILES string of the molecule is NC(=O)NC(=O)COCCC1CCCNC1. The molecule has 0 spiro atoms. The van der Waals surface area contributed by atoms with Crippen LogP contribution in [-0.4, -0.2) is 38.2 Å². The highest BCUT2D eigenvalue weighted by atomic mass is 16.5. The van der Waals surface area contributed by atoms with Gasteiger partial charge in [0.05, 0.1) is 0 Å². The summed E-state index contributed by atoms with van der Waals surface area (Å²) in [7, 11) is 0. The molecule has 0 aromatic heterocycles. The van der Waals surface area contributed by atoms with Crippen molar-refractivity contribution in [1.29, 1.82) is 0 Å². The molecule has 1 fully saturated rings. The maximum absolute atomic E-state index is 11.0. The third-order valence-electron chi connectivity index (χ3n) is 2.57. The lowest BCUT2D eigenvalue weighted by molar-refractivity contribution is -0.124. The Labute approximate surface area is 94.9 Å². The van der Waals surface area contributed by atoms with Gasteiger partial charge in [0.1, 0.15) is 6.61 Å². The maximum Gasteiger partial charge on any atom is 0.318 e. The number of amides is 3. The van der Waals surface area contributed by atoms with Crippen LogP contribution < -0.4 is 16.4 Å². The van der Waals surface area contributed by atoms with E-state index < -0.39 is 11.9 Å². The lowest BCUT2D eigenvalue weighted by Gasteiger charge is -2.22. The average molecular weight is 229 g/mol. The molecule has 1 aliphatic heterocycles. The highest BCUT2D eigenvalue weighted by molar-refractivity contribution is 5.94. The molecule has 0 saturated carbocycles. The third-order valence-corrected chi connectivity index (χ3v) is 2.57. The lowest BCUT2D eigenvalue weighted by atomic mass is 9.97. The second-order valence-electron chi connectivity index (χ2n) is 3.97. The van der Waals surface area contributed by atoms with Gasteiger partial charge in [-0.1, -0.05) is 0 Å². The van der Waals surface area contributed by atoms with Gasteiger partial charge in [0.2, 0.25) is 0 Å². The summed E-state index contributed by atoms with van der Waals surface area (Å²) in [6.07, 6.45) is 3.35. The van der Waals surface area contributed by atoms with Crippen LogP contribution in [0.2, 0.25) is 0 Å². The number of nitrogens with one attached hydrogen (secondary N) is 2. The first-order valence-electron chi connectivity index (χ1n) is 5.56. The quantitative estimate of drug-likeness (QED) is 0.558. The van der Waals surface area contributed by atoms with Gasteiger partial charge in [-0.2, -0.15) is 0 Å². The molecular weight excluding hydrogens is 210 g/mol. The highest BCUT2D eigenvalue weighted by Gasteiger charge is 2.12. The van der Waals surface area contributed by atoms with Crippen LogP contribution in [0.5, 0.6) is 0 Å². The molecule has 0 aromatic carbocycles. The second-order valence-corrected chi connectivity index (χ2v) is 3.97. The first kappa shape index (κ1) is 12.9. The monoisotopic (exact) mass is 229 g/mol. The minimum absolute atomic E-state index is 0.108. The lowest BCUT2D eigenvalue weighted by Crippen LogP contribution is -2.37. The molecule has 0 bridgehead atoms.